The molecular weight excluding hydrogens is 132 g/mol. The van der Waals surface area contributed by atoms with Crippen LogP contribution in [0.15, 0.2) is 24.2 Å². The van der Waals surface area contributed by atoms with Gasteiger partial charge in [-0.2, -0.15) is 0 Å². The third kappa shape index (κ3) is 2.91. The zero-order valence-electron chi connectivity index (χ0n) is 6.05. The van der Waals surface area contributed by atoms with Crippen LogP contribution >= 0.6 is 0 Å². The Balaban J connectivity index is 3.93. The lowest BCUT2D eigenvalue weighted by atomic mass is 10.5. The molecule has 0 amide bonds. The molecule has 0 unspecified atom stereocenters. The first-order valence-corrected chi connectivity index (χ1v) is 2.81. The lowest BCUT2D eigenvalue weighted by molar-refractivity contribution is -0.135. The van der Waals surface area contributed by atoms with Crippen molar-refractivity contribution in [2.24, 2.45) is 0 Å². The second-order valence-electron chi connectivity index (χ2n) is 1.73. The number of aliphatic carboxylic acids is 1. The maximum absolute atomic E-state index is 10.1. The molecule has 0 aliphatic carbocycles. The van der Waals surface area contributed by atoms with Crippen LogP contribution in [0.4, 0.5) is 0 Å². The van der Waals surface area contributed by atoms with Crippen LogP contribution < -0.4 is 0 Å². The molecule has 56 valence electrons. The van der Waals surface area contributed by atoms with Crippen LogP contribution in [-0.2, 0) is 9.53 Å². The molecule has 0 fully saturated rings. The van der Waals surface area contributed by atoms with Crippen LogP contribution in [0, 0.1) is 0 Å². The highest BCUT2D eigenvalue weighted by molar-refractivity contribution is 5.83. The second kappa shape index (κ2) is 3.71. The summed E-state index contributed by atoms with van der Waals surface area (Å²) in [4.78, 5) is 10.1. The van der Waals surface area contributed by atoms with Crippen LogP contribution in [0.2, 0.25) is 0 Å². The Bertz CT molecular complexity index is 179. The Hall–Kier alpha value is -1.25. The molecule has 0 aromatic heterocycles. The predicted octanol–water partition coefficient (Wildman–Crippen LogP) is 1.52. The third-order valence-corrected chi connectivity index (χ3v) is 0.929. The van der Waals surface area contributed by atoms with E-state index in [-0.39, 0.29) is 5.76 Å². The van der Waals surface area contributed by atoms with Crippen LogP contribution in [0.3, 0.4) is 0 Å². The van der Waals surface area contributed by atoms with E-state index in [4.69, 9.17) is 9.84 Å². The fourth-order valence-electron chi connectivity index (χ4n) is 0.297. The second-order valence-corrected chi connectivity index (χ2v) is 1.73. The first-order chi connectivity index (χ1) is 4.57. The van der Waals surface area contributed by atoms with E-state index >= 15 is 0 Å². The van der Waals surface area contributed by atoms with Crippen molar-refractivity contribution in [2.45, 2.75) is 13.8 Å². The maximum Gasteiger partial charge on any atom is 0.371 e. The van der Waals surface area contributed by atoms with Crippen LogP contribution in [0.1, 0.15) is 13.8 Å². The first-order valence-electron chi connectivity index (χ1n) is 2.81. The summed E-state index contributed by atoms with van der Waals surface area (Å²) in [6.07, 6.45) is 1.66. The normalized spacial score (nSPS) is 10.8. The van der Waals surface area contributed by atoms with Crippen molar-refractivity contribution in [3.8, 4) is 0 Å². The summed E-state index contributed by atoms with van der Waals surface area (Å²) in [5.74, 6) is -0.857. The van der Waals surface area contributed by atoms with E-state index in [9.17, 15) is 4.79 Å². The number of carboxylic acid groups (broad SMARTS) is 1. The minimum Gasteiger partial charge on any atom is -0.475 e. The Morgan fingerprint density at radius 1 is 1.70 bits per heavy atom. The Morgan fingerprint density at radius 2 is 2.20 bits per heavy atom. The predicted molar refractivity (Wildman–Crippen MR) is 37.3 cm³/mol. The van der Waals surface area contributed by atoms with Crippen molar-refractivity contribution >= 4 is 5.97 Å². The molecule has 0 aromatic rings. The van der Waals surface area contributed by atoms with Crippen LogP contribution in [0.25, 0.3) is 0 Å². The Labute approximate surface area is 59.6 Å². The minimum atomic E-state index is -1.14. The van der Waals surface area contributed by atoms with Gasteiger partial charge in [-0.15, -0.1) is 0 Å². The molecule has 0 rings (SSSR count). The molecule has 3 heteroatoms. The number of allylic oxidation sites excluding steroid dienone is 2. The SMILES string of the molecule is C=C(O/C(C)=C\C)C(=O)O. The van der Waals surface area contributed by atoms with Crippen molar-refractivity contribution in [3.63, 3.8) is 0 Å². The van der Waals surface area contributed by atoms with Crippen molar-refractivity contribution in [1.82, 2.24) is 0 Å². The lowest BCUT2D eigenvalue weighted by Crippen LogP contribution is -2.01. The van der Waals surface area contributed by atoms with Gasteiger partial charge < -0.3 is 9.84 Å². The standard InChI is InChI=1S/C7H10O3/c1-4-5(2)10-6(3)7(8)9/h4H,3H2,1-2H3,(H,8,9)/b5-4-. The highest BCUT2D eigenvalue weighted by Gasteiger charge is 2.03. The van der Waals surface area contributed by atoms with Gasteiger partial charge in [0.2, 0.25) is 5.76 Å². The fraction of sp³-hybridized carbons (Fsp3) is 0.286. The quantitative estimate of drug-likeness (QED) is 0.480. The Kier molecular flexibility index (Phi) is 3.25. The van der Waals surface area contributed by atoms with Gasteiger partial charge in [0.05, 0.1) is 5.76 Å². The van der Waals surface area contributed by atoms with E-state index in [0.29, 0.717) is 5.76 Å². The summed E-state index contributed by atoms with van der Waals surface area (Å²) in [6, 6.07) is 0. The third-order valence-electron chi connectivity index (χ3n) is 0.929. The van der Waals surface area contributed by atoms with Gasteiger partial charge in [0.25, 0.3) is 0 Å². The number of hydrogen-bond acceptors (Lipinski definition) is 2. The van der Waals surface area contributed by atoms with Gasteiger partial charge in [-0.1, -0.05) is 0 Å². The van der Waals surface area contributed by atoms with Crippen molar-refractivity contribution in [2.75, 3.05) is 0 Å². The van der Waals surface area contributed by atoms with Gasteiger partial charge >= 0.3 is 5.97 Å². The van der Waals surface area contributed by atoms with Crippen molar-refractivity contribution in [3.05, 3.63) is 24.2 Å². The van der Waals surface area contributed by atoms with Crippen molar-refractivity contribution < 1.29 is 14.6 Å². The van der Waals surface area contributed by atoms with E-state index in [0.717, 1.165) is 0 Å². The number of ether oxygens (including phenoxy) is 1. The number of carboxylic acids is 1. The first kappa shape index (κ1) is 8.75. The van der Waals surface area contributed by atoms with E-state index < -0.39 is 5.97 Å². The molecule has 0 radical (unpaired) electrons. The average Bonchev–Trinajstić information content (AvgIpc) is 1.87. The molecular formula is C7H10O3. The van der Waals surface area contributed by atoms with Crippen LogP contribution in [-0.4, -0.2) is 11.1 Å². The minimum absolute atomic E-state index is 0.254. The molecule has 10 heavy (non-hydrogen) atoms. The number of hydrogen-bond donors (Lipinski definition) is 1. The summed E-state index contributed by atoms with van der Waals surface area (Å²) >= 11 is 0. The van der Waals surface area contributed by atoms with Crippen LogP contribution in [0.5, 0.6) is 0 Å². The number of rotatable bonds is 3. The maximum atomic E-state index is 10.1. The average molecular weight is 142 g/mol. The zero-order valence-corrected chi connectivity index (χ0v) is 6.05. The highest BCUT2D eigenvalue weighted by atomic mass is 16.5. The molecule has 0 saturated heterocycles. The van der Waals surface area contributed by atoms with E-state index in [1.165, 1.54) is 0 Å². The molecule has 0 aliphatic heterocycles. The van der Waals surface area contributed by atoms with Gasteiger partial charge in [-0.3, -0.25) is 0 Å². The number of carbonyl (C=O) groups is 1. The van der Waals surface area contributed by atoms with E-state index in [1.807, 2.05) is 0 Å². The van der Waals surface area contributed by atoms with Gasteiger partial charge in [0.1, 0.15) is 0 Å². The largest absolute Gasteiger partial charge is 0.475 e. The van der Waals surface area contributed by atoms with Gasteiger partial charge in [-0.05, 0) is 26.5 Å². The van der Waals surface area contributed by atoms with Crippen molar-refractivity contribution in [1.29, 1.82) is 0 Å². The van der Waals surface area contributed by atoms with Gasteiger partial charge in [0.15, 0.2) is 0 Å². The molecule has 0 spiro atoms. The zero-order chi connectivity index (χ0) is 8.15. The topological polar surface area (TPSA) is 46.5 Å². The summed E-state index contributed by atoms with van der Waals surface area (Å²) in [7, 11) is 0. The summed E-state index contributed by atoms with van der Waals surface area (Å²) in [5, 5.41) is 8.27. The molecule has 3 nitrogen and oxygen atoms in total. The Morgan fingerprint density at radius 3 is 2.50 bits per heavy atom. The lowest BCUT2D eigenvalue weighted by Gasteiger charge is -2.02. The molecule has 0 aromatic carbocycles. The molecule has 0 atom stereocenters. The molecule has 1 N–H and O–H groups in total. The van der Waals surface area contributed by atoms with E-state index in [1.54, 1.807) is 19.9 Å². The summed E-state index contributed by atoms with van der Waals surface area (Å²) in [5.41, 5.74) is 0. The molecule has 0 heterocycles. The molecule has 0 saturated carbocycles. The monoisotopic (exact) mass is 142 g/mol. The molecule has 0 bridgehead atoms. The van der Waals surface area contributed by atoms with Gasteiger partial charge in [-0.25, -0.2) is 4.79 Å². The summed E-state index contributed by atoms with van der Waals surface area (Å²) < 4.78 is 4.73. The molecule has 0 aliphatic rings. The van der Waals surface area contributed by atoms with Gasteiger partial charge in [0, 0.05) is 0 Å². The summed E-state index contributed by atoms with van der Waals surface area (Å²) in [6.45, 7) is 6.59. The fourth-order valence-corrected chi connectivity index (χ4v) is 0.297. The smallest absolute Gasteiger partial charge is 0.371 e. The van der Waals surface area contributed by atoms with E-state index in [2.05, 4.69) is 6.58 Å². The highest BCUT2D eigenvalue weighted by Crippen LogP contribution is 2.02.